The maximum absolute atomic E-state index is 8.67. The van der Waals surface area contributed by atoms with Gasteiger partial charge in [0.25, 0.3) is 0 Å². The molecule has 0 aromatic heterocycles. The highest BCUT2D eigenvalue weighted by Gasteiger charge is 2.15. The van der Waals surface area contributed by atoms with Crippen LogP contribution in [0.5, 0.6) is 17.2 Å². The van der Waals surface area contributed by atoms with E-state index >= 15 is 0 Å². The van der Waals surface area contributed by atoms with Gasteiger partial charge in [-0.15, -0.1) is 0 Å². The van der Waals surface area contributed by atoms with Gasteiger partial charge in [0.15, 0.2) is 11.5 Å². The molecule has 0 aliphatic carbocycles. The standard InChI is InChI=1S/C10H13NO4/c1-13-8-5-10-9(14-2-3-15-10)4-7(8)6-11-12/h4-5,11-12H,2-3,6H2,1H3. The molecule has 82 valence electrons. The minimum atomic E-state index is 0.305. The van der Waals surface area contributed by atoms with E-state index in [2.05, 4.69) is 5.48 Å². The molecule has 15 heavy (non-hydrogen) atoms. The first-order valence-corrected chi connectivity index (χ1v) is 4.68. The number of hydrogen-bond acceptors (Lipinski definition) is 5. The van der Waals surface area contributed by atoms with Crippen LogP contribution in [0, 0.1) is 0 Å². The zero-order valence-corrected chi connectivity index (χ0v) is 8.45. The predicted octanol–water partition coefficient (Wildman–Crippen LogP) is 0.945. The van der Waals surface area contributed by atoms with Crippen LogP contribution in [0.15, 0.2) is 12.1 Å². The van der Waals surface area contributed by atoms with E-state index < -0.39 is 0 Å². The largest absolute Gasteiger partial charge is 0.496 e. The van der Waals surface area contributed by atoms with Gasteiger partial charge in [0.1, 0.15) is 19.0 Å². The molecule has 1 aromatic rings. The molecule has 0 spiro atoms. The molecule has 1 aliphatic rings. The summed E-state index contributed by atoms with van der Waals surface area (Å²) in [5.74, 6) is 2.04. The lowest BCUT2D eigenvalue weighted by Crippen LogP contribution is -2.16. The van der Waals surface area contributed by atoms with Crippen molar-refractivity contribution in [3.63, 3.8) is 0 Å². The van der Waals surface area contributed by atoms with E-state index in [0.717, 1.165) is 5.56 Å². The van der Waals surface area contributed by atoms with Gasteiger partial charge in [0, 0.05) is 18.2 Å². The van der Waals surface area contributed by atoms with Gasteiger partial charge in [-0.2, -0.15) is 0 Å². The van der Waals surface area contributed by atoms with Crippen molar-refractivity contribution < 1.29 is 19.4 Å². The Labute approximate surface area is 87.5 Å². The lowest BCUT2D eigenvalue weighted by atomic mass is 10.1. The van der Waals surface area contributed by atoms with E-state index in [1.807, 2.05) is 0 Å². The maximum atomic E-state index is 8.67. The maximum Gasteiger partial charge on any atom is 0.165 e. The van der Waals surface area contributed by atoms with E-state index in [4.69, 9.17) is 19.4 Å². The SMILES string of the molecule is COc1cc2c(cc1CNO)OCCO2. The Bertz CT molecular complexity index is 354. The molecule has 0 amide bonds. The van der Waals surface area contributed by atoms with Gasteiger partial charge >= 0.3 is 0 Å². The van der Waals surface area contributed by atoms with Crippen LogP contribution in [-0.2, 0) is 6.54 Å². The molecule has 0 bridgehead atoms. The van der Waals surface area contributed by atoms with Crippen molar-refractivity contribution in [3.05, 3.63) is 17.7 Å². The second kappa shape index (κ2) is 4.37. The monoisotopic (exact) mass is 211 g/mol. The first-order chi connectivity index (χ1) is 7.35. The molecule has 2 N–H and O–H groups in total. The number of methoxy groups -OCH3 is 1. The molecule has 1 aliphatic heterocycles. The third kappa shape index (κ3) is 1.98. The van der Waals surface area contributed by atoms with Crippen molar-refractivity contribution in [1.29, 1.82) is 0 Å². The highest BCUT2D eigenvalue weighted by molar-refractivity contribution is 5.51. The third-order valence-corrected chi connectivity index (χ3v) is 2.21. The smallest absolute Gasteiger partial charge is 0.165 e. The zero-order valence-electron chi connectivity index (χ0n) is 8.45. The van der Waals surface area contributed by atoms with Crippen LogP contribution >= 0.6 is 0 Å². The van der Waals surface area contributed by atoms with E-state index in [9.17, 15) is 0 Å². The first kappa shape index (κ1) is 10.1. The molecular weight excluding hydrogens is 198 g/mol. The topological polar surface area (TPSA) is 60.0 Å². The molecule has 1 heterocycles. The quantitative estimate of drug-likeness (QED) is 0.729. The van der Waals surface area contributed by atoms with Crippen molar-refractivity contribution in [1.82, 2.24) is 5.48 Å². The summed E-state index contributed by atoms with van der Waals surface area (Å²) < 4.78 is 16.0. The Kier molecular flexibility index (Phi) is 2.94. The molecule has 2 rings (SSSR count). The summed E-state index contributed by atoms with van der Waals surface area (Å²) in [6.07, 6.45) is 0. The molecule has 0 atom stereocenters. The fourth-order valence-corrected chi connectivity index (χ4v) is 1.53. The Morgan fingerprint density at radius 1 is 1.33 bits per heavy atom. The summed E-state index contributed by atoms with van der Waals surface area (Å²) in [6, 6.07) is 3.57. The van der Waals surface area contributed by atoms with Crippen LogP contribution in [0.25, 0.3) is 0 Å². The molecule has 0 unspecified atom stereocenters. The highest BCUT2D eigenvalue weighted by Crippen LogP contribution is 2.36. The number of nitrogens with one attached hydrogen (secondary N) is 1. The van der Waals surface area contributed by atoms with Crippen molar-refractivity contribution in [2.75, 3.05) is 20.3 Å². The van der Waals surface area contributed by atoms with Crippen molar-refractivity contribution in [3.8, 4) is 17.2 Å². The average Bonchev–Trinajstić information content (AvgIpc) is 2.28. The second-order valence-corrected chi connectivity index (χ2v) is 3.14. The number of hydrogen-bond donors (Lipinski definition) is 2. The van der Waals surface area contributed by atoms with E-state index in [0.29, 0.717) is 37.0 Å². The third-order valence-electron chi connectivity index (χ3n) is 2.21. The summed E-state index contributed by atoms with van der Waals surface area (Å²) in [5, 5.41) is 8.67. The van der Waals surface area contributed by atoms with Crippen molar-refractivity contribution in [2.45, 2.75) is 6.54 Å². The summed E-state index contributed by atoms with van der Waals surface area (Å²) >= 11 is 0. The van der Waals surface area contributed by atoms with Crippen LogP contribution in [0.3, 0.4) is 0 Å². The molecule has 0 saturated heterocycles. The fourth-order valence-electron chi connectivity index (χ4n) is 1.53. The zero-order chi connectivity index (χ0) is 10.7. The molecule has 5 nitrogen and oxygen atoms in total. The predicted molar refractivity (Wildman–Crippen MR) is 52.6 cm³/mol. The van der Waals surface area contributed by atoms with Crippen molar-refractivity contribution >= 4 is 0 Å². The average molecular weight is 211 g/mol. The van der Waals surface area contributed by atoms with Crippen molar-refractivity contribution in [2.24, 2.45) is 0 Å². The molecular formula is C10H13NO4. The van der Waals surface area contributed by atoms with Gasteiger partial charge in [0.05, 0.1) is 7.11 Å². The highest BCUT2D eigenvalue weighted by atomic mass is 16.6. The number of rotatable bonds is 3. The number of ether oxygens (including phenoxy) is 3. The summed E-state index contributed by atoms with van der Waals surface area (Å²) in [6.45, 7) is 1.40. The van der Waals surface area contributed by atoms with E-state index in [1.54, 1.807) is 19.2 Å². The van der Waals surface area contributed by atoms with Gasteiger partial charge < -0.3 is 19.4 Å². The van der Waals surface area contributed by atoms with Crippen LogP contribution in [-0.4, -0.2) is 25.5 Å². The normalized spacial score (nSPS) is 13.7. The summed E-state index contributed by atoms with van der Waals surface area (Å²) in [7, 11) is 1.58. The molecule has 0 radical (unpaired) electrons. The van der Waals surface area contributed by atoms with E-state index in [1.165, 1.54) is 0 Å². The summed E-state index contributed by atoms with van der Waals surface area (Å²) in [5.41, 5.74) is 2.91. The number of hydroxylamine groups is 1. The first-order valence-electron chi connectivity index (χ1n) is 4.68. The Hall–Kier alpha value is -1.46. The number of fused-ring (bicyclic) bond motifs is 1. The number of benzene rings is 1. The van der Waals surface area contributed by atoms with Crippen LogP contribution in [0.2, 0.25) is 0 Å². The van der Waals surface area contributed by atoms with Gasteiger partial charge in [0.2, 0.25) is 0 Å². The lowest BCUT2D eigenvalue weighted by molar-refractivity contribution is 0.157. The molecule has 0 fully saturated rings. The molecule has 5 heteroatoms. The van der Waals surface area contributed by atoms with Gasteiger partial charge in [-0.25, -0.2) is 5.48 Å². The Morgan fingerprint density at radius 3 is 2.60 bits per heavy atom. The second-order valence-electron chi connectivity index (χ2n) is 3.14. The Morgan fingerprint density at radius 2 is 2.00 bits per heavy atom. The van der Waals surface area contributed by atoms with Crippen LogP contribution < -0.4 is 19.7 Å². The van der Waals surface area contributed by atoms with Gasteiger partial charge in [-0.3, -0.25) is 0 Å². The Balaban J connectivity index is 2.37. The van der Waals surface area contributed by atoms with Gasteiger partial charge in [-0.1, -0.05) is 0 Å². The molecule has 1 aromatic carbocycles. The van der Waals surface area contributed by atoms with E-state index in [-0.39, 0.29) is 0 Å². The van der Waals surface area contributed by atoms with Crippen LogP contribution in [0.1, 0.15) is 5.56 Å². The minimum absolute atomic E-state index is 0.305. The minimum Gasteiger partial charge on any atom is -0.496 e. The van der Waals surface area contributed by atoms with Crippen LogP contribution in [0.4, 0.5) is 0 Å². The summed E-state index contributed by atoms with van der Waals surface area (Å²) in [4.78, 5) is 0. The molecule has 0 saturated carbocycles. The fraction of sp³-hybridized carbons (Fsp3) is 0.400. The van der Waals surface area contributed by atoms with Gasteiger partial charge in [-0.05, 0) is 6.07 Å². The lowest BCUT2D eigenvalue weighted by Gasteiger charge is -2.20.